The molecule has 132 valence electrons. The van der Waals surface area contributed by atoms with Gasteiger partial charge in [-0.2, -0.15) is 0 Å². The number of aromatic nitrogens is 2. The summed E-state index contributed by atoms with van der Waals surface area (Å²) in [7, 11) is 0. The van der Waals surface area contributed by atoms with Crippen LogP contribution in [0.15, 0.2) is 53.3 Å². The second kappa shape index (κ2) is 6.55. The van der Waals surface area contributed by atoms with E-state index in [1.807, 2.05) is 49.4 Å². The molecule has 0 amide bonds. The molecule has 6 heteroatoms. The minimum absolute atomic E-state index is 0.128. The van der Waals surface area contributed by atoms with Crippen LogP contribution in [0.25, 0.3) is 5.69 Å². The Morgan fingerprint density at radius 1 is 1.15 bits per heavy atom. The van der Waals surface area contributed by atoms with Gasteiger partial charge in [0.05, 0.1) is 17.3 Å². The van der Waals surface area contributed by atoms with Crippen LogP contribution >= 0.6 is 12.2 Å². The predicted octanol–water partition coefficient (Wildman–Crippen LogP) is 3.14. The number of fused-ring (bicyclic) bond motifs is 1. The lowest BCUT2D eigenvalue weighted by Gasteiger charge is -2.27. The lowest BCUT2D eigenvalue weighted by atomic mass is 9.90. The van der Waals surface area contributed by atoms with Crippen LogP contribution in [0.5, 0.6) is 5.88 Å². The summed E-state index contributed by atoms with van der Waals surface area (Å²) in [5.41, 5.74) is 3.91. The first kappa shape index (κ1) is 16.8. The van der Waals surface area contributed by atoms with E-state index in [-0.39, 0.29) is 27.8 Å². The quantitative estimate of drug-likeness (QED) is 0.610. The molecule has 2 aromatic carbocycles. The van der Waals surface area contributed by atoms with Gasteiger partial charge in [0.2, 0.25) is 5.88 Å². The van der Waals surface area contributed by atoms with Gasteiger partial charge in [0.25, 0.3) is 5.56 Å². The highest BCUT2D eigenvalue weighted by Crippen LogP contribution is 2.32. The standard InChI is InChI=1S/C20H19N3O2S/c1-12-6-8-14(9-7-12)23-19(25)16(18(24)22-20(23)26)17-15-5-3-2-4-13(15)10-11-21-17/h2-9,17,21,25H,10-11H2,1H3,(H,22,24,26)/t17-/m0/s1. The Balaban J connectivity index is 1.94. The molecule has 1 atom stereocenters. The first-order chi connectivity index (χ1) is 12.6. The van der Waals surface area contributed by atoms with E-state index in [1.165, 1.54) is 10.1 Å². The number of H-pyrrole nitrogens is 1. The van der Waals surface area contributed by atoms with Gasteiger partial charge in [-0.05, 0) is 48.8 Å². The van der Waals surface area contributed by atoms with Crippen LogP contribution in [-0.2, 0) is 6.42 Å². The molecule has 26 heavy (non-hydrogen) atoms. The summed E-state index contributed by atoms with van der Waals surface area (Å²) >= 11 is 5.31. The fourth-order valence-corrected chi connectivity index (χ4v) is 3.78. The fourth-order valence-electron chi connectivity index (χ4n) is 3.49. The molecule has 5 nitrogen and oxygen atoms in total. The summed E-state index contributed by atoms with van der Waals surface area (Å²) in [5.74, 6) is -0.128. The number of benzene rings is 2. The van der Waals surface area contributed by atoms with Gasteiger partial charge in [0.1, 0.15) is 0 Å². The summed E-state index contributed by atoms with van der Waals surface area (Å²) in [4.78, 5) is 15.4. The van der Waals surface area contributed by atoms with E-state index in [4.69, 9.17) is 12.2 Å². The maximum absolute atomic E-state index is 12.7. The number of aromatic amines is 1. The van der Waals surface area contributed by atoms with Gasteiger partial charge in [0, 0.05) is 6.54 Å². The van der Waals surface area contributed by atoms with Gasteiger partial charge >= 0.3 is 0 Å². The molecule has 4 rings (SSSR count). The Hall–Kier alpha value is -2.70. The third-order valence-electron chi connectivity index (χ3n) is 4.81. The highest BCUT2D eigenvalue weighted by Gasteiger charge is 2.28. The number of aryl methyl sites for hydroxylation is 1. The molecule has 0 saturated heterocycles. The van der Waals surface area contributed by atoms with Crippen molar-refractivity contribution in [1.29, 1.82) is 0 Å². The van der Waals surface area contributed by atoms with Gasteiger partial charge in [0.15, 0.2) is 4.77 Å². The van der Waals surface area contributed by atoms with Crippen LogP contribution in [0.1, 0.15) is 28.3 Å². The number of hydrogen-bond acceptors (Lipinski definition) is 4. The summed E-state index contributed by atoms with van der Waals surface area (Å²) in [6.45, 7) is 2.73. The normalized spacial score (nSPS) is 16.3. The zero-order valence-electron chi connectivity index (χ0n) is 14.3. The minimum Gasteiger partial charge on any atom is -0.494 e. The van der Waals surface area contributed by atoms with E-state index >= 15 is 0 Å². The summed E-state index contributed by atoms with van der Waals surface area (Å²) in [6, 6.07) is 15.2. The molecule has 0 aliphatic carbocycles. The third-order valence-corrected chi connectivity index (χ3v) is 5.10. The monoisotopic (exact) mass is 365 g/mol. The van der Waals surface area contributed by atoms with Gasteiger partial charge in [-0.25, -0.2) is 0 Å². The molecule has 0 saturated carbocycles. The first-order valence-electron chi connectivity index (χ1n) is 8.52. The smallest absolute Gasteiger partial charge is 0.260 e. The van der Waals surface area contributed by atoms with E-state index in [9.17, 15) is 9.90 Å². The zero-order chi connectivity index (χ0) is 18.3. The topological polar surface area (TPSA) is 70.0 Å². The van der Waals surface area contributed by atoms with Crippen molar-refractivity contribution in [3.05, 3.63) is 85.9 Å². The molecule has 1 aromatic heterocycles. The van der Waals surface area contributed by atoms with Gasteiger partial charge < -0.3 is 10.4 Å². The molecule has 1 aliphatic heterocycles. The second-order valence-corrected chi connectivity index (χ2v) is 6.89. The van der Waals surface area contributed by atoms with E-state index in [2.05, 4.69) is 16.4 Å². The Morgan fingerprint density at radius 2 is 1.88 bits per heavy atom. The average Bonchev–Trinajstić information content (AvgIpc) is 2.63. The van der Waals surface area contributed by atoms with Gasteiger partial charge in [-0.3, -0.25) is 14.3 Å². The molecule has 0 spiro atoms. The van der Waals surface area contributed by atoms with Crippen molar-refractivity contribution >= 4 is 12.2 Å². The van der Waals surface area contributed by atoms with Crippen molar-refractivity contribution in [2.75, 3.05) is 6.54 Å². The van der Waals surface area contributed by atoms with Crippen molar-refractivity contribution in [2.24, 2.45) is 0 Å². The lowest BCUT2D eigenvalue weighted by Crippen LogP contribution is -2.35. The van der Waals surface area contributed by atoms with Crippen molar-refractivity contribution in [3.8, 4) is 11.6 Å². The summed E-state index contributed by atoms with van der Waals surface area (Å²) in [5, 5.41) is 14.3. The van der Waals surface area contributed by atoms with Crippen molar-refractivity contribution in [2.45, 2.75) is 19.4 Å². The summed E-state index contributed by atoms with van der Waals surface area (Å²) in [6.07, 6.45) is 0.891. The third kappa shape index (κ3) is 2.77. The molecule has 1 aliphatic rings. The zero-order valence-corrected chi connectivity index (χ0v) is 15.1. The molecular weight excluding hydrogens is 346 g/mol. The molecule has 0 bridgehead atoms. The summed E-state index contributed by atoms with van der Waals surface area (Å²) < 4.78 is 1.67. The largest absolute Gasteiger partial charge is 0.494 e. The number of aromatic hydroxyl groups is 1. The second-order valence-electron chi connectivity index (χ2n) is 6.50. The lowest BCUT2D eigenvalue weighted by molar-refractivity contribution is 0.413. The van der Waals surface area contributed by atoms with Crippen molar-refractivity contribution < 1.29 is 5.11 Å². The number of nitrogens with zero attached hydrogens (tertiary/aromatic N) is 1. The highest BCUT2D eigenvalue weighted by atomic mass is 32.1. The molecule has 2 heterocycles. The molecule has 0 unspecified atom stereocenters. The van der Waals surface area contributed by atoms with Gasteiger partial charge in [-0.1, -0.05) is 42.0 Å². The van der Waals surface area contributed by atoms with E-state index in [0.29, 0.717) is 5.69 Å². The molecule has 0 radical (unpaired) electrons. The van der Waals surface area contributed by atoms with Crippen LogP contribution in [-0.4, -0.2) is 21.2 Å². The van der Waals surface area contributed by atoms with Crippen LogP contribution in [0, 0.1) is 11.7 Å². The fraction of sp³-hybridized carbons (Fsp3) is 0.200. The number of rotatable bonds is 2. The van der Waals surface area contributed by atoms with Crippen LogP contribution in [0.3, 0.4) is 0 Å². The van der Waals surface area contributed by atoms with Crippen LogP contribution in [0.4, 0.5) is 0 Å². The van der Waals surface area contributed by atoms with Crippen LogP contribution in [0.2, 0.25) is 0 Å². The maximum Gasteiger partial charge on any atom is 0.260 e. The Morgan fingerprint density at radius 3 is 2.65 bits per heavy atom. The first-order valence-corrected chi connectivity index (χ1v) is 8.93. The molecular formula is C20H19N3O2S. The van der Waals surface area contributed by atoms with E-state index < -0.39 is 0 Å². The number of hydrogen-bond donors (Lipinski definition) is 3. The maximum atomic E-state index is 12.7. The molecule has 3 N–H and O–H groups in total. The van der Waals surface area contributed by atoms with Crippen molar-refractivity contribution in [3.63, 3.8) is 0 Å². The number of nitrogens with one attached hydrogen (secondary N) is 2. The van der Waals surface area contributed by atoms with Crippen molar-refractivity contribution in [1.82, 2.24) is 14.9 Å². The average molecular weight is 365 g/mol. The predicted molar refractivity (Wildman–Crippen MR) is 104 cm³/mol. The van der Waals surface area contributed by atoms with Crippen LogP contribution < -0.4 is 10.9 Å². The van der Waals surface area contributed by atoms with E-state index in [1.54, 1.807) is 0 Å². The molecule has 3 aromatic rings. The van der Waals surface area contributed by atoms with E-state index in [0.717, 1.165) is 24.1 Å². The Bertz CT molecular complexity index is 1080. The SMILES string of the molecule is Cc1ccc(-n2c(O)c([C@H]3NCCc4ccccc43)c(=O)[nH]c2=S)cc1. The Kier molecular flexibility index (Phi) is 4.22. The minimum atomic E-state index is -0.379. The Labute approximate surface area is 156 Å². The molecule has 0 fully saturated rings. The highest BCUT2D eigenvalue weighted by molar-refractivity contribution is 7.71. The van der Waals surface area contributed by atoms with Gasteiger partial charge in [-0.15, -0.1) is 0 Å².